The zero-order valence-electron chi connectivity index (χ0n) is 21.3. The van der Waals surface area contributed by atoms with Crippen LogP contribution in [0.15, 0.2) is 36.9 Å². The van der Waals surface area contributed by atoms with Crippen LogP contribution in [0.25, 0.3) is 11.2 Å². The number of fused-ring (bicyclic) bond motifs is 2. The fourth-order valence-corrected chi connectivity index (χ4v) is 6.08. The lowest BCUT2D eigenvalue weighted by molar-refractivity contribution is -0.341. The second-order valence-electron chi connectivity index (χ2n) is 10.7. The summed E-state index contributed by atoms with van der Waals surface area (Å²) in [5, 5.41) is 0. The van der Waals surface area contributed by atoms with Crippen molar-refractivity contribution in [2.75, 3.05) is 6.54 Å². The molecule has 4 atom stereocenters. The number of hydrogen-bond donors (Lipinski definition) is 1. The molecule has 0 spiro atoms. The normalized spacial score (nSPS) is 29.4. The van der Waals surface area contributed by atoms with Crippen molar-refractivity contribution >= 4 is 11.2 Å². The Hall–Kier alpha value is -3.11. The number of nitrogens with zero attached hydrogens (tertiary/aromatic N) is 4. The van der Waals surface area contributed by atoms with Crippen LogP contribution in [0, 0.1) is 17.7 Å². The van der Waals surface area contributed by atoms with Gasteiger partial charge in [-0.3, -0.25) is 4.57 Å². The molecule has 8 nitrogen and oxygen atoms in total. The maximum atomic E-state index is 15.3. The Morgan fingerprint density at radius 2 is 1.82 bits per heavy atom. The highest BCUT2D eigenvalue weighted by Crippen LogP contribution is 2.55. The van der Waals surface area contributed by atoms with Crippen molar-refractivity contribution in [3.05, 3.63) is 54.0 Å². The van der Waals surface area contributed by atoms with Gasteiger partial charge in [-0.25, -0.2) is 19.3 Å². The van der Waals surface area contributed by atoms with Gasteiger partial charge in [0.25, 0.3) is 5.72 Å². The molecule has 12 heteroatoms. The first-order valence-corrected chi connectivity index (χ1v) is 12.8. The van der Waals surface area contributed by atoms with Crippen LogP contribution in [-0.2, 0) is 25.4 Å². The van der Waals surface area contributed by atoms with Crippen LogP contribution < -0.4 is 5.73 Å². The van der Waals surface area contributed by atoms with Crippen LogP contribution >= 0.6 is 0 Å². The molecule has 206 valence electrons. The molecule has 0 bridgehead atoms. The molecule has 1 saturated carbocycles. The van der Waals surface area contributed by atoms with Crippen molar-refractivity contribution in [1.29, 1.82) is 0 Å². The van der Waals surface area contributed by atoms with Gasteiger partial charge >= 0.3 is 6.18 Å². The lowest BCUT2D eigenvalue weighted by Crippen LogP contribution is -2.56. The molecule has 3 aromatic rings. The Labute approximate surface area is 221 Å². The van der Waals surface area contributed by atoms with Crippen molar-refractivity contribution < 1.29 is 31.8 Å². The zero-order valence-corrected chi connectivity index (χ0v) is 21.3. The summed E-state index contributed by atoms with van der Waals surface area (Å²) in [4.78, 5) is 13.0. The van der Waals surface area contributed by atoms with Gasteiger partial charge in [-0.15, -0.1) is 0 Å². The molecular weight excluding hydrogens is 518 g/mol. The van der Waals surface area contributed by atoms with E-state index in [9.17, 15) is 4.39 Å². The van der Waals surface area contributed by atoms with Crippen LogP contribution in [0.5, 0.6) is 0 Å². The van der Waals surface area contributed by atoms with Crippen LogP contribution in [0.3, 0.4) is 0 Å². The van der Waals surface area contributed by atoms with Crippen LogP contribution in [0.4, 0.5) is 17.6 Å². The highest BCUT2D eigenvalue weighted by molar-refractivity contribution is 5.75. The van der Waals surface area contributed by atoms with Crippen LogP contribution in [0.2, 0.25) is 0 Å². The van der Waals surface area contributed by atoms with E-state index < -0.39 is 47.2 Å². The van der Waals surface area contributed by atoms with E-state index in [1.807, 2.05) is 0 Å². The highest BCUT2D eigenvalue weighted by atomic mass is 19.4. The quantitative estimate of drug-likeness (QED) is 0.394. The topological polar surface area (TPSA) is 97.3 Å². The Morgan fingerprint density at radius 1 is 1.08 bits per heavy atom. The molecular formula is C27H27F4N5O3. The second-order valence-corrected chi connectivity index (χ2v) is 10.7. The van der Waals surface area contributed by atoms with E-state index in [1.165, 1.54) is 38.4 Å². The summed E-state index contributed by atoms with van der Waals surface area (Å²) in [7, 11) is 0. The smallest absolute Gasteiger partial charge is 0.341 e. The third-order valence-corrected chi connectivity index (χ3v) is 7.89. The molecule has 2 aliphatic heterocycles. The van der Waals surface area contributed by atoms with Gasteiger partial charge in [0.15, 0.2) is 17.5 Å². The fourth-order valence-electron chi connectivity index (χ4n) is 6.08. The summed E-state index contributed by atoms with van der Waals surface area (Å²) >= 11 is 0. The predicted molar refractivity (Wildman–Crippen MR) is 131 cm³/mol. The molecule has 2 N–H and O–H groups in total. The number of hydrogen-bond acceptors (Lipinski definition) is 7. The van der Waals surface area contributed by atoms with Gasteiger partial charge in [-0.05, 0) is 38.8 Å². The predicted octanol–water partition coefficient (Wildman–Crippen LogP) is 3.92. The van der Waals surface area contributed by atoms with Crippen molar-refractivity contribution in [2.45, 2.75) is 80.9 Å². The van der Waals surface area contributed by atoms with Gasteiger partial charge in [0.1, 0.15) is 29.9 Å². The lowest BCUT2D eigenvalue weighted by atomic mass is 9.82. The third-order valence-electron chi connectivity index (χ3n) is 7.89. The van der Waals surface area contributed by atoms with E-state index in [0.717, 1.165) is 36.6 Å². The van der Waals surface area contributed by atoms with Crippen molar-refractivity contribution in [1.82, 2.24) is 19.5 Å². The molecule has 0 amide bonds. The van der Waals surface area contributed by atoms with Gasteiger partial charge in [0, 0.05) is 12.0 Å². The second kappa shape index (κ2) is 8.96. The zero-order chi connectivity index (χ0) is 27.6. The number of aromatic nitrogens is 4. The van der Waals surface area contributed by atoms with Gasteiger partial charge < -0.3 is 19.9 Å². The first-order chi connectivity index (χ1) is 18.5. The summed E-state index contributed by atoms with van der Waals surface area (Å²) in [5.74, 6) is 3.30. The Morgan fingerprint density at radius 3 is 2.51 bits per heavy atom. The van der Waals surface area contributed by atoms with Gasteiger partial charge in [-0.1, -0.05) is 36.8 Å². The third kappa shape index (κ3) is 3.94. The van der Waals surface area contributed by atoms with Crippen molar-refractivity contribution in [3.8, 4) is 11.8 Å². The Kier molecular flexibility index (Phi) is 6.00. The Balaban J connectivity index is 1.52. The summed E-state index contributed by atoms with van der Waals surface area (Å²) in [6, 6.07) is 5.72. The molecule has 3 aliphatic rings. The number of nitrogens with two attached hydrogens (primary N) is 1. The van der Waals surface area contributed by atoms with E-state index in [4.69, 9.17) is 19.9 Å². The van der Waals surface area contributed by atoms with Gasteiger partial charge in [0.05, 0.1) is 17.6 Å². The maximum absolute atomic E-state index is 15.3. The van der Waals surface area contributed by atoms with Crippen molar-refractivity contribution in [2.24, 2.45) is 5.73 Å². The van der Waals surface area contributed by atoms with Crippen molar-refractivity contribution in [3.63, 3.8) is 0 Å². The first-order valence-electron chi connectivity index (χ1n) is 12.8. The van der Waals surface area contributed by atoms with Crippen LogP contribution in [-0.4, -0.2) is 56.3 Å². The largest absolute Gasteiger partial charge is 0.440 e. The summed E-state index contributed by atoms with van der Waals surface area (Å²) in [6.07, 6.45) is -3.63. The van der Waals surface area contributed by atoms with E-state index >= 15 is 13.2 Å². The average molecular weight is 546 g/mol. The average Bonchev–Trinajstić information content (AvgIpc) is 3.65. The molecule has 0 unspecified atom stereocenters. The minimum absolute atomic E-state index is 0.0226. The van der Waals surface area contributed by atoms with E-state index in [0.29, 0.717) is 5.69 Å². The number of benzene rings is 1. The van der Waals surface area contributed by atoms with E-state index in [1.54, 1.807) is 6.07 Å². The maximum Gasteiger partial charge on any atom is 0.440 e. The number of halogens is 4. The highest BCUT2D eigenvalue weighted by Gasteiger charge is 2.75. The lowest BCUT2D eigenvalue weighted by Gasteiger charge is -2.36. The number of ether oxygens (including phenoxy) is 3. The van der Waals surface area contributed by atoms with Gasteiger partial charge in [0.2, 0.25) is 0 Å². The van der Waals surface area contributed by atoms with Crippen LogP contribution in [0.1, 0.15) is 50.8 Å². The minimum atomic E-state index is -5.01. The molecule has 39 heavy (non-hydrogen) atoms. The molecule has 1 aliphatic carbocycles. The van der Waals surface area contributed by atoms with Gasteiger partial charge in [-0.2, -0.15) is 13.2 Å². The first kappa shape index (κ1) is 26.1. The molecule has 0 radical (unpaired) electrons. The standard InChI is InChI=1S/C27H27F4N5O3/c1-24(2)38-20-18(10-9-16-7-3-4-8-17(16)28)37-26(22(20)39-24,27(29,30)31)36-15-35-19-21(33-14-34-23(19)36)25(13-32)11-5-6-12-25/h3-4,7-8,14-15,18,20,22H,5-6,11-13,32H2,1-2H3/t18-,20-,22-,26-/m1/s1. The summed E-state index contributed by atoms with van der Waals surface area (Å²) < 4.78 is 78.3. The number of alkyl halides is 3. The van der Waals surface area contributed by atoms with E-state index in [-0.39, 0.29) is 23.3 Å². The number of rotatable bonds is 3. The fraction of sp³-hybridized carbons (Fsp3) is 0.519. The molecule has 3 fully saturated rings. The Bertz CT molecular complexity index is 1470. The molecule has 6 rings (SSSR count). The summed E-state index contributed by atoms with van der Waals surface area (Å²) in [5.41, 5.74) is 3.29. The summed E-state index contributed by atoms with van der Waals surface area (Å²) in [6.45, 7) is 3.33. The SMILES string of the molecule is CC1(C)O[C@H]2[C@@H](O1)[C@](n1cnc3c(C4(CN)CCCC4)ncnc31)(C(F)(F)F)O[C@@H]2C#Cc1ccccc1F. The minimum Gasteiger partial charge on any atom is -0.341 e. The monoisotopic (exact) mass is 545 g/mol. The molecule has 2 aromatic heterocycles. The number of imidazole rings is 1. The molecule has 4 heterocycles. The van der Waals surface area contributed by atoms with E-state index in [2.05, 4.69) is 26.8 Å². The molecule has 2 saturated heterocycles. The molecule has 1 aromatic carbocycles.